The van der Waals surface area contributed by atoms with Gasteiger partial charge in [-0.25, -0.2) is 0 Å². The fraction of sp³-hybridized carbons (Fsp3) is 0.647. The maximum absolute atomic E-state index is 5.79. The Hall–Kier alpha value is -1.02. The molecule has 0 bridgehead atoms. The molecule has 19 heavy (non-hydrogen) atoms. The van der Waals surface area contributed by atoms with Crippen LogP contribution in [0.15, 0.2) is 18.2 Å². The monoisotopic (exact) mass is 263 g/mol. The Kier molecular flexibility index (Phi) is 6.36. The summed E-state index contributed by atoms with van der Waals surface area (Å²) in [7, 11) is 0. The van der Waals surface area contributed by atoms with E-state index in [-0.39, 0.29) is 5.54 Å². The van der Waals surface area contributed by atoms with Gasteiger partial charge < -0.3 is 10.1 Å². The van der Waals surface area contributed by atoms with Crippen molar-refractivity contribution in [1.29, 1.82) is 0 Å². The van der Waals surface area contributed by atoms with Crippen molar-refractivity contribution >= 4 is 0 Å². The zero-order valence-electron chi connectivity index (χ0n) is 13.2. The predicted molar refractivity (Wildman–Crippen MR) is 83.0 cm³/mol. The van der Waals surface area contributed by atoms with Crippen molar-refractivity contribution in [3.8, 4) is 5.75 Å². The highest BCUT2D eigenvalue weighted by Crippen LogP contribution is 2.16. The highest BCUT2D eigenvalue weighted by Gasteiger charge is 2.06. The lowest BCUT2D eigenvalue weighted by atomic mass is 10.1. The molecule has 2 nitrogen and oxygen atoms in total. The lowest BCUT2D eigenvalue weighted by Crippen LogP contribution is -2.36. The number of hydrogen-bond donors (Lipinski definition) is 1. The second-order valence-electron chi connectivity index (χ2n) is 6.41. The summed E-state index contributed by atoms with van der Waals surface area (Å²) in [6.45, 7) is 12.7. The van der Waals surface area contributed by atoms with E-state index in [1.54, 1.807) is 0 Å². The zero-order chi connectivity index (χ0) is 14.3. The normalized spacial score (nSPS) is 11.6. The molecule has 0 spiro atoms. The van der Waals surface area contributed by atoms with E-state index in [2.05, 4.69) is 58.1 Å². The largest absolute Gasteiger partial charge is 0.494 e. The van der Waals surface area contributed by atoms with Gasteiger partial charge in [0.15, 0.2) is 0 Å². The molecule has 1 rings (SSSR count). The Bertz CT molecular complexity index is 359. The fourth-order valence-corrected chi connectivity index (χ4v) is 2.07. The van der Waals surface area contributed by atoms with Crippen LogP contribution < -0.4 is 10.1 Å². The Morgan fingerprint density at radius 1 is 0.947 bits per heavy atom. The van der Waals surface area contributed by atoms with Crippen molar-refractivity contribution in [2.75, 3.05) is 13.2 Å². The van der Waals surface area contributed by atoms with Gasteiger partial charge in [0, 0.05) is 5.54 Å². The van der Waals surface area contributed by atoms with Crippen LogP contribution in [-0.4, -0.2) is 18.7 Å². The van der Waals surface area contributed by atoms with Gasteiger partial charge in [-0.1, -0.05) is 6.07 Å². The van der Waals surface area contributed by atoms with Crippen molar-refractivity contribution in [3.63, 3.8) is 0 Å². The molecule has 2 heteroatoms. The van der Waals surface area contributed by atoms with Crippen molar-refractivity contribution in [2.24, 2.45) is 0 Å². The Morgan fingerprint density at radius 3 is 2.16 bits per heavy atom. The van der Waals surface area contributed by atoms with E-state index in [1.165, 1.54) is 24.0 Å². The van der Waals surface area contributed by atoms with Crippen molar-refractivity contribution in [3.05, 3.63) is 29.3 Å². The summed E-state index contributed by atoms with van der Waals surface area (Å²) in [4.78, 5) is 0. The highest BCUT2D eigenvalue weighted by molar-refractivity contribution is 5.32. The smallest absolute Gasteiger partial charge is 0.119 e. The van der Waals surface area contributed by atoms with Gasteiger partial charge in [0.1, 0.15) is 5.75 Å². The topological polar surface area (TPSA) is 21.3 Å². The van der Waals surface area contributed by atoms with Gasteiger partial charge in [0.2, 0.25) is 0 Å². The Labute approximate surface area is 118 Å². The molecule has 0 aliphatic rings. The molecule has 0 saturated heterocycles. The summed E-state index contributed by atoms with van der Waals surface area (Å²) in [6.07, 6.45) is 3.56. The number of rotatable bonds is 7. The highest BCUT2D eigenvalue weighted by atomic mass is 16.5. The van der Waals surface area contributed by atoms with Gasteiger partial charge in [0.25, 0.3) is 0 Å². The second kappa shape index (κ2) is 7.54. The molecule has 0 unspecified atom stereocenters. The first-order chi connectivity index (χ1) is 8.87. The van der Waals surface area contributed by atoms with Crippen LogP contribution in [0.2, 0.25) is 0 Å². The van der Waals surface area contributed by atoms with Gasteiger partial charge in [-0.3, -0.25) is 0 Å². The molecule has 108 valence electrons. The van der Waals surface area contributed by atoms with Crippen LogP contribution in [0.1, 0.15) is 51.2 Å². The zero-order valence-corrected chi connectivity index (χ0v) is 13.2. The van der Waals surface area contributed by atoms with Crippen molar-refractivity contribution in [1.82, 2.24) is 5.32 Å². The Balaban J connectivity index is 2.11. The summed E-state index contributed by atoms with van der Waals surface area (Å²) in [5, 5.41) is 3.50. The summed E-state index contributed by atoms with van der Waals surface area (Å²) in [5.74, 6) is 1.00. The minimum Gasteiger partial charge on any atom is -0.494 e. The standard InChI is InChI=1S/C17H29NO/c1-14-11-15(2)13-16(12-14)19-10-8-6-7-9-18-17(3,4)5/h11-13,18H,6-10H2,1-5H3. The summed E-state index contributed by atoms with van der Waals surface area (Å²) in [6, 6.07) is 6.38. The van der Waals surface area contributed by atoms with Crippen LogP contribution in [-0.2, 0) is 0 Å². The number of benzene rings is 1. The first-order valence-corrected chi connectivity index (χ1v) is 7.33. The summed E-state index contributed by atoms with van der Waals surface area (Å²) >= 11 is 0. The van der Waals surface area contributed by atoms with E-state index >= 15 is 0 Å². The molecular formula is C17H29NO. The molecule has 0 aromatic heterocycles. The molecule has 0 radical (unpaired) electrons. The molecule has 0 fully saturated rings. The average Bonchev–Trinajstić information content (AvgIpc) is 2.25. The number of nitrogens with one attached hydrogen (secondary N) is 1. The predicted octanol–water partition coefficient (Wildman–Crippen LogP) is 4.24. The first kappa shape index (κ1) is 16.0. The van der Waals surface area contributed by atoms with Crippen LogP contribution >= 0.6 is 0 Å². The molecule has 1 aromatic rings. The second-order valence-corrected chi connectivity index (χ2v) is 6.41. The lowest BCUT2D eigenvalue weighted by Gasteiger charge is -2.20. The molecule has 1 N–H and O–H groups in total. The van der Waals surface area contributed by atoms with Gasteiger partial charge in [-0.2, -0.15) is 0 Å². The summed E-state index contributed by atoms with van der Waals surface area (Å²) in [5.41, 5.74) is 2.77. The van der Waals surface area contributed by atoms with Crippen molar-refractivity contribution in [2.45, 2.75) is 59.4 Å². The van der Waals surface area contributed by atoms with E-state index in [1.807, 2.05) is 0 Å². The van der Waals surface area contributed by atoms with Gasteiger partial charge in [-0.05, 0) is 83.7 Å². The average molecular weight is 263 g/mol. The van der Waals surface area contributed by atoms with Crippen LogP contribution in [0.3, 0.4) is 0 Å². The van der Waals surface area contributed by atoms with Gasteiger partial charge in [-0.15, -0.1) is 0 Å². The summed E-state index contributed by atoms with van der Waals surface area (Å²) < 4.78 is 5.79. The van der Waals surface area contributed by atoms with E-state index in [0.717, 1.165) is 25.3 Å². The molecule has 0 amide bonds. The van der Waals surface area contributed by atoms with Gasteiger partial charge >= 0.3 is 0 Å². The van der Waals surface area contributed by atoms with Gasteiger partial charge in [0.05, 0.1) is 6.61 Å². The molecule has 0 atom stereocenters. The third kappa shape index (κ3) is 7.89. The molecule has 0 aliphatic heterocycles. The lowest BCUT2D eigenvalue weighted by molar-refractivity contribution is 0.303. The third-order valence-electron chi connectivity index (χ3n) is 2.94. The van der Waals surface area contributed by atoms with Crippen LogP contribution in [0, 0.1) is 13.8 Å². The number of unbranched alkanes of at least 4 members (excludes halogenated alkanes) is 2. The number of ether oxygens (including phenoxy) is 1. The quantitative estimate of drug-likeness (QED) is 0.743. The van der Waals surface area contributed by atoms with E-state index in [0.29, 0.717) is 0 Å². The molecule has 0 aliphatic carbocycles. The van der Waals surface area contributed by atoms with E-state index in [4.69, 9.17) is 4.74 Å². The minimum absolute atomic E-state index is 0.232. The molecule has 0 heterocycles. The number of aryl methyl sites for hydroxylation is 2. The SMILES string of the molecule is Cc1cc(C)cc(OCCCCCNC(C)(C)C)c1. The minimum atomic E-state index is 0.232. The van der Waals surface area contributed by atoms with E-state index in [9.17, 15) is 0 Å². The van der Waals surface area contributed by atoms with Crippen LogP contribution in [0.5, 0.6) is 5.75 Å². The van der Waals surface area contributed by atoms with Crippen LogP contribution in [0.25, 0.3) is 0 Å². The molecular weight excluding hydrogens is 234 g/mol. The third-order valence-corrected chi connectivity index (χ3v) is 2.94. The van der Waals surface area contributed by atoms with Crippen LogP contribution in [0.4, 0.5) is 0 Å². The maximum Gasteiger partial charge on any atom is 0.119 e. The van der Waals surface area contributed by atoms with E-state index < -0.39 is 0 Å². The number of hydrogen-bond acceptors (Lipinski definition) is 2. The fourth-order valence-electron chi connectivity index (χ4n) is 2.07. The Morgan fingerprint density at radius 2 is 1.58 bits per heavy atom. The maximum atomic E-state index is 5.79. The molecule has 1 aromatic carbocycles. The molecule has 0 saturated carbocycles. The van der Waals surface area contributed by atoms with Crippen molar-refractivity contribution < 1.29 is 4.74 Å². The first-order valence-electron chi connectivity index (χ1n) is 7.33.